The summed E-state index contributed by atoms with van der Waals surface area (Å²) in [6, 6.07) is 6.39. The highest BCUT2D eigenvalue weighted by Crippen LogP contribution is 2.60. The van der Waals surface area contributed by atoms with E-state index in [0.717, 1.165) is 22.1 Å². The minimum absolute atomic E-state index is 0.179. The summed E-state index contributed by atoms with van der Waals surface area (Å²) in [6.45, 7) is 2.70. The molecule has 2 fully saturated rings. The van der Waals surface area contributed by atoms with Crippen LogP contribution in [0.3, 0.4) is 0 Å². The minimum atomic E-state index is 0.179. The van der Waals surface area contributed by atoms with Gasteiger partial charge in [0.15, 0.2) is 0 Å². The molecule has 0 aliphatic heterocycles. The first-order valence-electron chi connectivity index (χ1n) is 7.40. The van der Waals surface area contributed by atoms with Gasteiger partial charge in [-0.2, -0.15) is 0 Å². The molecule has 3 atom stereocenters. The first-order valence-corrected chi connectivity index (χ1v) is 8.19. The van der Waals surface area contributed by atoms with Crippen LogP contribution in [-0.2, 0) is 0 Å². The second kappa shape index (κ2) is 5.45. The van der Waals surface area contributed by atoms with Crippen LogP contribution in [0.4, 0.5) is 0 Å². The highest BCUT2D eigenvalue weighted by molar-refractivity contribution is 9.10. The Bertz CT molecular complexity index is 450. The summed E-state index contributed by atoms with van der Waals surface area (Å²) in [5, 5.41) is 0. The van der Waals surface area contributed by atoms with Crippen LogP contribution in [-0.4, -0.2) is 6.61 Å². The van der Waals surface area contributed by atoms with Gasteiger partial charge in [-0.15, -0.1) is 0 Å². The Morgan fingerprint density at radius 1 is 1.32 bits per heavy atom. The maximum absolute atomic E-state index is 6.51. The Hall–Kier alpha value is -0.540. The van der Waals surface area contributed by atoms with Crippen LogP contribution in [0.5, 0.6) is 5.75 Å². The maximum Gasteiger partial charge on any atom is 0.120 e. The smallest absolute Gasteiger partial charge is 0.120 e. The van der Waals surface area contributed by atoms with E-state index < -0.39 is 0 Å². The quantitative estimate of drug-likeness (QED) is 0.897. The molecule has 3 heteroatoms. The van der Waals surface area contributed by atoms with Crippen molar-refractivity contribution in [3.05, 3.63) is 28.2 Å². The number of ether oxygens (including phenoxy) is 1. The molecule has 2 N–H and O–H groups in total. The summed E-state index contributed by atoms with van der Waals surface area (Å²) in [5.74, 6) is 3.40. The van der Waals surface area contributed by atoms with Gasteiger partial charge < -0.3 is 10.5 Å². The molecule has 19 heavy (non-hydrogen) atoms. The highest BCUT2D eigenvalue weighted by Gasteiger charge is 2.53. The Balaban J connectivity index is 1.75. The van der Waals surface area contributed by atoms with Gasteiger partial charge >= 0.3 is 0 Å². The Morgan fingerprint density at radius 2 is 2.00 bits per heavy atom. The van der Waals surface area contributed by atoms with Gasteiger partial charge in [-0.05, 0) is 55.2 Å². The molecule has 2 saturated carbocycles. The normalized spacial score (nSPS) is 30.6. The Labute approximate surface area is 123 Å². The van der Waals surface area contributed by atoms with Crippen molar-refractivity contribution in [2.45, 2.75) is 38.6 Å². The van der Waals surface area contributed by atoms with Crippen LogP contribution in [0.1, 0.15) is 44.2 Å². The van der Waals surface area contributed by atoms with E-state index >= 15 is 0 Å². The molecule has 2 nitrogen and oxygen atoms in total. The maximum atomic E-state index is 6.51. The van der Waals surface area contributed by atoms with Gasteiger partial charge in [-0.3, -0.25) is 0 Å². The fraction of sp³-hybridized carbons (Fsp3) is 0.625. The summed E-state index contributed by atoms with van der Waals surface area (Å²) < 4.78 is 6.61. The van der Waals surface area contributed by atoms with Gasteiger partial charge in [-0.1, -0.05) is 34.8 Å². The van der Waals surface area contributed by atoms with Crippen molar-refractivity contribution in [3.8, 4) is 5.75 Å². The lowest BCUT2D eigenvalue weighted by atomic mass is 10.0. The van der Waals surface area contributed by atoms with Crippen molar-refractivity contribution in [2.24, 2.45) is 23.5 Å². The fourth-order valence-electron chi connectivity index (χ4n) is 3.82. The van der Waals surface area contributed by atoms with Gasteiger partial charge in [0.1, 0.15) is 5.75 Å². The molecule has 2 aliphatic carbocycles. The predicted molar refractivity (Wildman–Crippen MR) is 81.2 cm³/mol. The fourth-order valence-corrected chi connectivity index (χ4v) is 4.44. The number of nitrogens with two attached hydrogens (primary N) is 1. The van der Waals surface area contributed by atoms with E-state index in [9.17, 15) is 0 Å². The number of rotatable bonds is 4. The molecule has 3 unspecified atom stereocenters. The standard InChI is InChI=1S/C16H22BrNO/c1-2-19-10-7-8-13(14(17)9-10)16(18)15-11-5-3-4-6-12(11)15/h7-9,11-12,15-16H,2-6,18H2,1H3. The topological polar surface area (TPSA) is 35.2 Å². The monoisotopic (exact) mass is 323 g/mol. The third-order valence-corrected chi connectivity index (χ3v) is 5.47. The number of benzene rings is 1. The average molecular weight is 324 g/mol. The van der Waals surface area contributed by atoms with E-state index in [1.54, 1.807) is 0 Å². The Morgan fingerprint density at radius 3 is 2.58 bits per heavy atom. The van der Waals surface area contributed by atoms with Crippen molar-refractivity contribution >= 4 is 15.9 Å². The zero-order valence-corrected chi connectivity index (χ0v) is 13.0. The van der Waals surface area contributed by atoms with Crippen LogP contribution in [0, 0.1) is 17.8 Å². The third-order valence-electron chi connectivity index (χ3n) is 4.78. The average Bonchev–Trinajstić information content (AvgIpc) is 3.13. The molecule has 0 bridgehead atoms. The predicted octanol–water partition coefficient (Wildman–Crippen LogP) is 4.28. The molecule has 1 aromatic rings. The second-order valence-corrected chi connectivity index (χ2v) is 6.69. The summed E-state index contributed by atoms with van der Waals surface area (Å²) in [6.07, 6.45) is 5.57. The number of hydrogen-bond acceptors (Lipinski definition) is 2. The SMILES string of the molecule is CCOc1ccc(C(N)C2C3CCCCC32)c(Br)c1. The summed E-state index contributed by atoms with van der Waals surface area (Å²) in [5.41, 5.74) is 7.75. The minimum Gasteiger partial charge on any atom is -0.494 e. The number of hydrogen-bond donors (Lipinski definition) is 1. The molecular weight excluding hydrogens is 302 g/mol. The van der Waals surface area contributed by atoms with Crippen molar-refractivity contribution in [2.75, 3.05) is 6.61 Å². The lowest BCUT2D eigenvalue weighted by molar-refractivity contribution is 0.340. The van der Waals surface area contributed by atoms with Crippen LogP contribution in [0.25, 0.3) is 0 Å². The van der Waals surface area contributed by atoms with E-state index in [1.165, 1.54) is 31.2 Å². The summed E-state index contributed by atoms with van der Waals surface area (Å²) >= 11 is 3.65. The van der Waals surface area contributed by atoms with Gasteiger partial charge in [0.25, 0.3) is 0 Å². The molecule has 0 spiro atoms. The largest absolute Gasteiger partial charge is 0.494 e. The Kier molecular flexibility index (Phi) is 3.86. The highest BCUT2D eigenvalue weighted by atomic mass is 79.9. The first kappa shape index (κ1) is 13.4. The van der Waals surface area contributed by atoms with Crippen LogP contribution in [0.15, 0.2) is 22.7 Å². The van der Waals surface area contributed by atoms with E-state index in [1.807, 2.05) is 19.1 Å². The van der Waals surface area contributed by atoms with Crippen molar-refractivity contribution in [1.29, 1.82) is 0 Å². The molecule has 2 aliphatic rings. The molecule has 1 aromatic carbocycles. The second-order valence-electron chi connectivity index (χ2n) is 5.83. The van der Waals surface area contributed by atoms with E-state index in [2.05, 4.69) is 22.0 Å². The van der Waals surface area contributed by atoms with Crippen molar-refractivity contribution in [3.63, 3.8) is 0 Å². The zero-order valence-electron chi connectivity index (χ0n) is 11.4. The van der Waals surface area contributed by atoms with E-state index in [-0.39, 0.29) is 6.04 Å². The zero-order chi connectivity index (χ0) is 13.4. The van der Waals surface area contributed by atoms with Crippen LogP contribution >= 0.6 is 15.9 Å². The third kappa shape index (κ3) is 2.55. The van der Waals surface area contributed by atoms with Crippen LogP contribution < -0.4 is 10.5 Å². The van der Waals surface area contributed by atoms with Gasteiger partial charge in [-0.25, -0.2) is 0 Å². The summed E-state index contributed by atoms with van der Waals surface area (Å²) in [7, 11) is 0. The van der Waals surface area contributed by atoms with Gasteiger partial charge in [0, 0.05) is 10.5 Å². The lowest BCUT2D eigenvalue weighted by Crippen LogP contribution is -2.15. The molecule has 0 aromatic heterocycles. The van der Waals surface area contributed by atoms with Crippen LogP contribution in [0.2, 0.25) is 0 Å². The number of halogens is 1. The number of fused-ring (bicyclic) bond motifs is 1. The molecule has 0 radical (unpaired) electrons. The molecule has 0 heterocycles. The first-order chi connectivity index (χ1) is 9.22. The van der Waals surface area contributed by atoms with Crippen molar-refractivity contribution in [1.82, 2.24) is 0 Å². The van der Waals surface area contributed by atoms with Crippen molar-refractivity contribution < 1.29 is 4.74 Å². The molecule has 0 amide bonds. The molecule has 104 valence electrons. The molecular formula is C16H22BrNO. The molecule has 0 saturated heterocycles. The van der Waals surface area contributed by atoms with Gasteiger partial charge in [0.2, 0.25) is 0 Å². The van der Waals surface area contributed by atoms with Gasteiger partial charge in [0.05, 0.1) is 6.61 Å². The van der Waals surface area contributed by atoms with E-state index in [0.29, 0.717) is 12.5 Å². The lowest BCUT2D eigenvalue weighted by Gasteiger charge is -2.15. The molecule has 3 rings (SSSR count). The van der Waals surface area contributed by atoms with E-state index in [4.69, 9.17) is 10.5 Å². The summed E-state index contributed by atoms with van der Waals surface area (Å²) in [4.78, 5) is 0.